The second-order valence-electron chi connectivity index (χ2n) is 11.6. The van der Waals surface area contributed by atoms with Gasteiger partial charge in [-0.3, -0.25) is 9.69 Å². The average molecular weight is 525 g/mol. The number of nitrogens with zero attached hydrogens (tertiary/aromatic N) is 1. The highest BCUT2D eigenvalue weighted by atomic mass is 16.5. The van der Waals surface area contributed by atoms with Gasteiger partial charge < -0.3 is 15.2 Å². The minimum Gasteiger partial charge on any atom is -0.391 e. The van der Waals surface area contributed by atoms with Crippen LogP contribution in [0.15, 0.2) is 0 Å². The van der Waals surface area contributed by atoms with Gasteiger partial charge in [-0.05, 0) is 12.8 Å². The zero-order valence-electron chi connectivity index (χ0n) is 25.0. The Kier molecular flexibility index (Phi) is 23.8. The van der Waals surface area contributed by atoms with Crippen molar-refractivity contribution in [2.75, 3.05) is 32.8 Å². The molecule has 37 heavy (non-hydrogen) atoms. The fourth-order valence-electron chi connectivity index (χ4n) is 5.42. The summed E-state index contributed by atoms with van der Waals surface area (Å²) in [6, 6.07) is -0.174. The average Bonchev–Trinajstić information content (AvgIpc) is 2.91. The van der Waals surface area contributed by atoms with Crippen molar-refractivity contribution in [1.82, 2.24) is 10.2 Å². The molecular formula is C32H64N2O3. The number of carbonyl (C=O) groups is 1. The van der Waals surface area contributed by atoms with Gasteiger partial charge in [-0.25, -0.2) is 0 Å². The second-order valence-corrected chi connectivity index (χ2v) is 11.6. The predicted octanol–water partition coefficient (Wildman–Crippen LogP) is 7.79. The van der Waals surface area contributed by atoms with Gasteiger partial charge in [-0.15, -0.1) is 0 Å². The molecule has 0 radical (unpaired) electrons. The van der Waals surface area contributed by atoms with E-state index >= 15 is 0 Å². The Morgan fingerprint density at radius 2 is 1.14 bits per heavy atom. The van der Waals surface area contributed by atoms with Crippen LogP contribution in [0.3, 0.4) is 0 Å². The Balaban J connectivity index is 2.19. The van der Waals surface area contributed by atoms with Crippen LogP contribution in [0.25, 0.3) is 0 Å². The molecule has 0 aromatic carbocycles. The summed E-state index contributed by atoms with van der Waals surface area (Å²) in [6.07, 6.45) is 26.7. The Morgan fingerprint density at radius 3 is 1.62 bits per heavy atom. The summed E-state index contributed by atoms with van der Waals surface area (Å²) < 4.78 is 5.48. The lowest BCUT2D eigenvalue weighted by Gasteiger charge is -2.33. The van der Waals surface area contributed by atoms with Gasteiger partial charge in [0, 0.05) is 26.1 Å². The molecule has 1 fully saturated rings. The summed E-state index contributed by atoms with van der Waals surface area (Å²) in [5.41, 5.74) is 0. The third-order valence-corrected chi connectivity index (χ3v) is 7.98. The number of amides is 1. The van der Waals surface area contributed by atoms with E-state index in [-0.39, 0.29) is 11.9 Å². The second kappa shape index (κ2) is 25.6. The largest absolute Gasteiger partial charge is 0.391 e. The number of carbonyl (C=O) groups excluding carboxylic acids is 1. The predicted molar refractivity (Wildman–Crippen MR) is 158 cm³/mol. The monoisotopic (exact) mass is 524 g/mol. The maximum atomic E-state index is 12.7. The van der Waals surface area contributed by atoms with Gasteiger partial charge in [0.2, 0.25) is 5.91 Å². The number of morpholine rings is 1. The van der Waals surface area contributed by atoms with Crippen molar-refractivity contribution in [3.63, 3.8) is 0 Å². The molecule has 0 saturated carbocycles. The minimum atomic E-state index is -0.464. The van der Waals surface area contributed by atoms with E-state index in [2.05, 4.69) is 24.1 Å². The normalized spacial score (nSPS) is 16.1. The molecule has 1 heterocycles. The van der Waals surface area contributed by atoms with E-state index in [0.29, 0.717) is 6.42 Å². The lowest BCUT2D eigenvalue weighted by Crippen LogP contribution is -2.52. The molecule has 220 valence electrons. The van der Waals surface area contributed by atoms with E-state index in [4.69, 9.17) is 4.74 Å². The molecule has 2 N–H and O–H groups in total. The number of aliphatic hydroxyl groups excluding tert-OH is 1. The van der Waals surface area contributed by atoms with Gasteiger partial charge in [0.25, 0.3) is 0 Å². The summed E-state index contributed by atoms with van der Waals surface area (Å²) in [5, 5.41) is 14.2. The topological polar surface area (TPSA) is 61.8 Å². The van der Waals surface area contributed by atoms with Crippen LogP contribution >= 0.6 is 0 Å². The van der Waals surface area contributed by atoms with Crippen LogP contribution in [0.1, 0.15) is 155 Å². The van der Waals surface area contributed by atoms with Gasteiger partial charge in [0.15, 0.2) is 0 Å². The van der Waals surface area contributed by atoms with Crippen molar-refractivity contribution in [3.8, 4) is 0 Å². The van der Waals surface area contributed by atoms with E-state index in [1.54, 1.807) is 0 Å². The van der Waals surface area contributed by atoms with Crippen LogP contribution in [0, 0.1) is 0 Å². The van der Waals surface area contributed by atoms with Gasteiger partial charge in [0.1, 0.15) is 0 Å². The molecule has 5 nitrogen and oxygen atoms in total. The first kappa shape index (κ1) is 34.4. The molecule has 0 unspecified atom stereocenters. The standard InChI is InChI=1S/C32H64N2O3/c1-3-5-7-9-11-12-13-14-15-16-18-19-21-23-31(35)30(29-34-25-27-37-28-26-34)33-32(36)24-22-20-17-10-8-6-4-2/h30-31,35H,3-29H2,1-2H3,(H,33,36)/t30-,31-/m0/s1. The smallest absolute Gasteiger partial charge is 0.220 e. The van der Waals surface area contributed by atoms with E-state index in [1.165, 1.54) is 109 Å². The first-order valence-electron chi connectivity index (χ1n) is 16.4. The lowest BCUT2D eigenvalue weighted by molar-refractivity contribution is -0.123. The van der Waals surface area contributed by atoms with Crippen LogP contribution in [0.2, 0.25) is 0 Å². The molecule has 2 atom stereocenters. The molecule has 1 rings (SSSR count). The Hall–Kier alpha value is -0.650. The minimum absolute atomic E-state index is 0.108. The number of ether oxygens (including phenoxy) is 1. The van der Waals surface area contributed by atoms with Crippen molar-refractivity contribution in [2.45, 2.75) is 167 Å². The number of aliphatic hydroxyl groups is 1. The lowest BCUT2D eigenvalue weighted by atomic mass is 10.0. The number of unbranched alkanes of at least 4 members (excludes halogenated alkanes) is 18. The maximum absolute atomic E-state index is 12.7. The summed E-state index contributed by atoms with van der Waals surface area (Å²) in [7, 11) is 0. The Morgan fingerprint density at radius 1 is 0.703 bits per heavy atom. The number of hydrogen-bond acceptors (Lipinski definition) is 4. The summed E-state index contributed by atoms with van der Waals surface area (Å²) in [4.78, 5) is 15.0. The number of rotatable bonds is 26. The van der Waals surface area contributed by atoms with Crippen molar-refractivity contribution in [3.05, 3.63) is 0 Å². The molecule has 1 amide bonds. The molecule has 0 spiro atoms. The molecular weight excluding hydrogens is 460 g/mol. The van der Waals surface area contributed by atoms with Gasteiger partial charge >= 0.3 is 0 Å². The highest BCUT2D eigenvalue weighted by Gasteiger charge is 2.24. The molecule has 0 aromatic rings. The molecule has 1 saturated heterocycles. The molecule has 0 aliphatic carbocycles. The first-order valence-corrected chi connectivity index (χ1v) is 16.4. The number of hydrogen-bond donors (Lipinski definition) is 2. The zero-order chi connectivity index (χ0) is 26.8. The first-order chi connectivity index (χ1) is 18.2. The molecule has 1 aliphatic rings. The third kappa shape index (κ3) is 20.9. The summed E-state index contributed by atoms with van der Waals surface area (Å²) >= 11 is 0. The Labute approximate surface area is 230 Å². The van der Waals surface area contributed by atoms with Crippen LogP contribution in [-0.4, -0.2) is 60.9 Å². The molecule has 0 bridgehead atoms. The molecule has 5 heteroatoms. The van der Waals surface area contributed by atoms with Crippen molar-refractivity contribution < 1.29 is 14.6 Å². The summed E-state index contributed by atoms with van der Waals surface area (Å²) in [6.45, 7) is 8.50. The SMILES string of the molecule is CCCCCCCCCCCCCCC[C@H](O)[C@H](CN1CCOCC1)NC(=O)CCCCCCCCC. The fraction of sp³-hybridized carbons (Fsp3) is 0.969. The highest BCUT2D eigenvalue weighted by Crippen LogP contribution is 2.15. The van der Waals surface area contributed by atoms with Gasteiger partial charge in [-0.2, -0.15) is 0 Å². The van der Waals surface area contributed by atoms with E-state index in [0.717, 1.165) is 58.5 Å². The zero-order valence-corrected chi connectivity index (χ0v) is 25.0. The van der Waals surface area contributed by atoms with E-state index in [9.17, 15) is 9.90 Å². The number of nitrogens with one attached hydrogen (secondary N) is 1. The van der Waals surface area contributed by atoms with Crippen molar-refractivity contribution in [2.24, 2.45) is 0 Å². The van der Waals surface area contributed by atoms with Crippen LogP contribution in [0.4, 0.5) is 0 Å². The van der Waals surface area contributed by atoms with Crippen LogP contribution < -0.4 is 5.32 Å². The fourth-order valence-corrected chi connectivity index (χ4v) is 5.42. The third-order valence-electron chi connectivity index (χ3n) is 7.98. The molecule has 1 aliphatic heterocycles. The van der Waals surface area contributed by atoms with Gasteiger partial charge in [-0.1, -0.05) is 136 Å². The Bertz CT molecular complexity index is 496. The summed E-state index contributed by atoms with van der Waals surface area (Å²) in [5.74, 6) is 0.108. The van der Waals surface area contributed by atoms with Crippen LogP contribution in [0.5, 0.6) is 0 Å². The van der Waals surface area contributed by atoms with E-state index < -0.39 is 6.10 Å². The highest BCUT2D eigenvalue weighted by molar-refractivity contribution is 5.76. The van der Waals surface area contributed by atoms with Crippen LogP contribution in [-0.2, 0) is 9.53 Å². The van der Waals surface area contributed by atoms with Gasteiger partial charge in [0.05, 0.1) is 25.4 Å². The van der Waals surface area contributed by atoms with Crippen molar-refractivity contribution >= 4 is 5.91 Å². The van der Waals surface area contributed by atoms with Crippen molar-refractivity contribution in [1.29, 1.82) is 0 Å². The molecule has 0 aromatic heterocycles. The van der Waals surface area contributed by atoms with E-state index in [1.807, 2.05) is 0 Å². The quantitative estimate of drug-likeness (QED) is 0.113. The maximum Gasteiger partial charge on any atom is 0.220 e.